The van der Waals surface area contributed by atoms with E-state index in [2.05, 4.69) is 16.0 Å². The highest BCUT2D eigenvalue weighted by Gasteiger charge is 2.17. The molecule has 0 spiro atoms. The third kappa shape index (κ3) is 4.92. The lowest BCUT2D eigenvalue weighted by atomic mass is 10.0. The molecule has 0 fully saturated rings. The molecule has 3 amide bonds. The van der Waals surface area contributed by atoms with Gasteiger partial charge < -0.3 is 16.0 Å². The van der Waals surface area contributed by atoms with Gasteiger partial charge in [-0.3, -0.25) is 14.4 Å². The van der Waals surface area contributed by atoms with Crippen LogP contribution in [0, 0.1) is 0 Å². The molecule has 0 radical (unpaired) electrons. The van der Waals surface area contributed by atoms with Crippen molar-refractivity contribution >= 4 is 34.8 Å². The number of carbonyl (C=O) groups is 3. The summed E-state index contributed by atoms with van der Waals surface area (Å²) in [5.74, 6) is -1.64. The second-order valence-electron chi connectivity index (χ2n) is 5.83. The van der Waals surface area contributed by atoms with E-state index in [0.29, 0.717) is 17.1 Å². The highest BCUT2D eigenvalue weighted by atomic mass is 16.2. The van der Waals surface area contributed by atoms with Gasteiger partial charge in [0, 0.05) is 24.0 Å². The molecule has 3 N–H and O–H groups in total. The topological polar surface area (TPSA) is 87.3 Å². The Hall–Kier alpha value is -3.15. The Morgan fingerprint density at radius 3 is 1.65 bits per heavy atom. The molecule has 0 aromatic heterocycles. The molecule has 0 unspecified atom stereocenters. The number of hydrogen-bond donors (Lipinski definition) is 3. The molecule has 0 atom stereocenters. The maximum atomic E-state index is 12.3. The second kappa shape index (κ2) is 8.80. The van der Waals surface area contributed by atoms with Crippen LogP contribution in [0.3, 0.4) is 0 Å². The Morgan fingerprint density at radius 2 is 1.19 bits per heavy atom. The summed E-state index contributed by atoms with van der Waals surface area (Å²) in [6, 6.07) is 12.4. The molecule has 0 aliphatic carbocycles. The maximum Gasteiger partial charge on any atom is 0.314 e. The Kier molecular flexibility index (Phi) is 6.49. The van der Waals surface area contributed by atoms with Crippen LogP contribution in [0.4, 0.5) is 17.1 Å². The summed E-state index contributed by atoms with van der Waals surface area (Å²) in [5.41, 5.74) is 3.78. The zero-order valence-corrected chi connectivity index (χ0v) is 15.2. The van der Waals surface area contributed by atoms with E-state index in [4.69, 9.17) is 0 Å². The van der Waals surface area contributed by atoms with Gasteiger partial charge in [-0.05, 0) is 48.2 Å². The summed E-state index contributed by atoms with van der Waals surface area (Å²) in [5, 5.41) is 7.92. The fourth-order valence-electron chi connectivity index (χ4n) is 2.60. The zero-order chi connectivity index (χ0) is 19.1. The van der Waals surface area contributed by atoms with Gasteiger partial charge in [-0.2, -0.15) is 0 Å². The fourth-order valence-corrected chi connectivity index (χ4v) is 2.60. The largest absolute Gasteiger partial charge is 0.326 e. The molecule has 0 bridgehead atoms. The van der Waals surface area contributed by atoms with Crippen molar-refractivity contribution in [2.24, 2.45) is 0 Å². The first-order valence-corrected chi connectivity index (χ1v) is 8.55. The highest BCUT2D eigenvalue weighted by molar-refractivity contribution is 6.43. The number of nitrogens with one attached hydrogen (secondary N) is 3. The minimum Gasteiger partial charge on any atom is -0.326 e. The van der Waals surface area contributed by atoms with E-state index in [1.165, 1.54) is 6.92 Å². The summed E-state index contributed by atoms with van der Waals surface area (Å²) in [6.45, 7) is 5.42. The van der Waals surface area contributed by atoms with E-state index >= 15 is 0 Å². The first-order valence-electron chi connectivity index (χ1n) is 8.55. The van der Waals surface area contributed by atoms with Crippen LogP contribution < -0.4 is 16.0 Å². The number of anilines is 3. The van der Waals surface area contributed by atoms with Gasteiger partial charge in [-0.15, -0.1) is 0 Å². The molecule has 6 heteroatoms. The maximum absolute atomic E-state index is 12.3. The van der Waals surface area contributed by atoms with Crippen LogP contribution in [0.2, 0.25) is 0 Å². The minimum atomic E-state index is -0.745. The Morgan fingerprint density at radius 1 is 0.731 bits per heavy atom. The monoisotopic (exact) mass is 353 g/mol. The second-order valence-corrected chi connectivity index (χ2v) is 5.83. The van der Waals surface area contributed by atoms with Crippen molar-refractivity contribution in [2.75, 3.05) is 16.0 Å². The normalized spacial score (nSPS) is 10.1. The lowest BCUT2D eigenvalue weighted by molar-refractivity contribution is -0.133. The van der Waals surface area contributed by atoms with Gasteiger partial charge in [0.15, 0.2) is 0 Å². The molecular formula is C20H23N3O3. The number of rotatable bonds is 5. The van der Waals surface area contributed by atoms with Crippen molar-refractivity contribution in [2.45, 2.75) is 33.6 Å². The van der Waals surface area contributed by atoms with Crippen LogP contribution in [-0.2, 0) is 27.2 Å². The quantitative estimate of drug-likeness (QED) is 0.721. The van der Waals surface area contributed by atoms with Crippen molar-refractivity contribution in [1.82, 2.24) is 0 Å². The fraction of sp³-hybridized carbons (Fsp3) is 0.250. The summed E-state index contributed by atoms with van der Waals surface area (Å²) in [6.07, 6.45) is 1.52. The van der Waals surface area contributed by atoms with Crippen LogP contribution in [0.5, 0.6) is 0 Å². The van der Waals surface area contributed by atoms with E-state index in [9.17, 15) is 14.4 Å². The molecule has 0 aliphatic rings. The smallest absolute Gasteiger partial charge is 0.314 e. The molecule has 2 aromatic rings. The van der Waals surface area contributed by atoms with Gasteiger partial charge in [0.2, 0.25) is 5.91 Å². The van der Waals surface area contributed by atoms with Crippen LogP contribution >= 0.6 is 0 Å². The predicted octanol–water partition coefficient (Wildman–Crippen LogP) is 3.35. The predicted molar refractivity (Wildman–Crippen MR) is 103 cm³/mol. The Bertz CT molecular complexity index is 791. The number of benzene rings is 2. The van der Waals surface area contributed by atoms with Crippen molar-refractivity contribution in [1.29, 1.82) is 0 Å². The minimum absolute atomic E-state index is 0.178. The molecule has 0 aliphatic heterocycles. The van der Waals surface area contributed by atoms with Gasteiger partial charge in [0.05, 0.1) is 0 Å². The molecule has 0 saturated carbocycles. The molecular weight excluding hydrogens is 330 g/mol. The number of carbonyl (C=O) groups excluding carboxylic acids is 3. The van der Waals surface area contributed by atoms with Crippen molar-refractivity contribution in [3.8, 4) is 0 Å². The van der Waals surface area contributed by atoms with Gasteiger partial charge in [0.25, 0.3) is 0 Å². The highest BCUT2D eigenvalue weighted by Crippen LogP contribution is 2.22. The molecule has 2 aromatic carbocycles. The van der Waals surface area contributed by atoms with Crippen LogP contribution in [0.1, 0.15) is 31.9 Å². The SMILES string of the molecule is CCc1cccc(CC)c1NC(=O)C(=O)Nc1ccc(NC(C)=O)cc1. The van der Waals surface area contributed by atoms with Crippen molar-refractivity contribution in [3.63, 3.8) is 0 Å². The molecule has 0 heterocycles. The van der Waals surface area contributed by atoms with Gasteiger partial charge >= 0.3 is 11.8 Å². The average Bonchev–Trinajstić information content (AvgIpc) is 2.62. The van der Waals surface area contributed by atoms with Crippen LogP contribution in [-0.4, -0.2) is 17.7 Å². The van der Waals surface area contributed by atoms with Crippen molar-refractivity contribution < 1.29 is 14.4 Å². The number of amides is 3. The lowest BCUT2D eigenvalue weighted by Crippen LogP contribution is -2.29. The standard InChI is InChI=1S/C20H23N3O3/c1-4-14-7-6-8-15(5-2)18(14)23-20(26)19(25)22-17-11-9-16(10-12-17)21-13(3)24/h6-12H,4-5H2,1-3H3,(H,21,24)(H,22,25)(H,23,26). The average molecular weight is 353 g/mol. The summed E-state index contributed by atoms with van der Waals surface area (Å²) >= 11 is 0. The number of para-hydroxylation sites is 1. The first-order chi connectivity index (χ1) is 12.4. The van der Waals surface area contributed by atoms with E-state index < -0.39 is 11.8 Å². The third-order valence-electron chi connectivity index (χ3n) is 3.91. The van der Waals surface area contributed by atoms with E-state index in [1.54, 1.807) is 24.3 Å². The molecule has 136 valence electrons. The van der Waals surface area contributed by atoms with Gasteiger partial charge in [-0.1, -0.05) is 32.0 Å². The van der Waals surface area contributed by atoms with Gasteiger partial charge in [-0.25, -0.2) is 0 Å². The zero-order valence-electron chi connectivity index (χ0n) is 15.2. The molecule has 2 rings (SSSR count). The number of aryl methyl sites for hydroxylation is 2. The summed E-state index contributed by atoms with van der Waals surface area (Å²) < 4.78 is 0. The van der Waals surface area contributed by atoms with Gasteiger partial charge in [0.1, 0.15) is 0 Å². The van der Waals surface area contributed by atoms with E-state index in [0.717, 1.165) is 24.0 Å². The summed E-state index contributed by atoms with van der Waals surface area (Å²) in [7, 11) is 0. The lowest BCUT2D eigenvalue weighted by Gasteiger charge is -2.14. The van der Waals surface area contributed by atoms with E-state index in [1.807, 2.05) is 32.0 Å². The first kappa shape index (κ1) is 19.2. The molecule has 0 saturated heterocycles. The van der Waals surface area contributed by atoms with E-state index in [-0.39, 0.29) is 5.91 Å². The number of hydrogen-bond acceptors (Lipinski definition) is 3. The Balaban J connectivity index is 2.06. The van der Waals surface area contributed by atoms with Crippen LogP contribution in [0.15, 0.2) is 42.5 Å². The third-order valence-corrected chi connectivity index (χ3v) is 3.91. The Labute approximate surface area is 153 Å². The van der Waals surface area contributed by atoms with Crippen molar-refractivity contribution in [3.05, 3.63) is 53.6 Å². The summed E-state index contributed by atoms with van der Waals surface area (Å²) in [4.78, 5) is 35.5. The van der Waals surface area contributed by atoms with Crippen LogP contribution in [0.25, 0.3) is 0 Å². The molecule has 6 nitrogen and oxygen atoms in total. The molecule has 26 heavy (non-hydrogen) atoms.